The molecule has 0 radical (unpaired) electrons. The first-order chi connectivity index (χ1) is 12.9. The van der Waals surface area contributed by atoms with Crippen LogP contribution in [0.2, 0.25) is 0 Å². The van der Waals surface area contributed by atoms with E-state index in [-0.39, 0.29) is 11.9 Å². The Morgan fingerprint density at radius 3 is 2.63 bits per heavy atom. The Labute approximate surface area is 159 Å². The zero-order chi connectivity index (χ0) is 19.3. The lowest BCUT2D eigenvalue weighted by Crippen LogP contribution is -2.48. The lowest BCUT2D eigenvalue weighted by atomic mass is 10.0. The molecule has 0 aliphatic carbocycles. The van der Waals surface area contributed by atoms with Crippen LogP contribution < -0.4 is 10.2 Å². The summed E-state index contributed by atoms with van der Waals surface area (Å²) in [6.07, 6.45) is 5.37. The summed E-state index contributed by atoms with van der Waals surface area (Å²) in [5, 5.41) is 12.8. The maximum Gasteiger partial charge on any atom is 0.251 e. The molecule has 1 aliphatic heterocycles. The molecule has 1 saturated heterocycles. The largest absolute Gasteiger partial charge is 0.378 e. The molecule has 27 heavy (non-hydrogen) atoms. The maximum atomic E-state index is 12.5. The molecule has 1 unspecified atom stereocenters. The van der Waals surface area contributed by atoms with Crippen LogP contribution in [0.1, 0.15) is 42.6 Å². The summed E-state index contributed by atoms with van der Waals surface area (Å²) in [6.45, 7) is 4.86. The molecule has 1 aliphatic rings. The molecule has 2 heterocycles. The third-order valence-corrected chi connectivity index (χ3v) is 4.25. The van der Waals surface area contributed by atoms with Gasteiger partial charge >= 0.3 is 0 Å². The van der Waals surface area contributed by atoms with Crippen LogP contribution in [0.5, 0.6) is 0 Å². The zero-order valence-corrected chi connectivity index (χ0v) is 15.6. The number of nitrogens with one attached hydrogen (secondary N) is 1. The van der Waals surface area contributed by atoms with Crippen molar-refractivity contribution in [3.8, 4) is 11.8 Å². The van der Waals surface area contributed by atoms with E-state index < -0.39 is 5.60 Å². The molecule has 6 nitrogen and oxygen atoms in total. The van der Waals surface area contributed by atoms with Crippen LogP contribution >= 0.6 is 0 Å². The first-order valence-corrected chi connectivity index (χ1v) is 9.09. The molecule has 1 aromatic heterocycles. The third-order valence-electron chi connectivity index (χ3n) is 4.25. The zero-order valence-electron chi connectivity index (χ0n) is 15.6. The SMILES string of the molecule is CC(C)(O)C#Cc1ccc(C(=O)NC2CCCN(c3ncccn3)C2)cc1. The number of hydrogen-bond donors (Lipinski definition) is 2. The lowest BCUT2D eigenvalue weighted by molar-refractivity contribution is 0.0933. The van der Waals surface area contributed by atoms with Crippen molar-refractivity contribution in [3.05, 3.63) is 53.9 Å². The average molecular weight is 364 g/mol. The average Bonchev–Trinajstić information content (AvgIpc) is 2.67. The predicted molar refractivity (Wildman–Crippen MR) is 104 cm³/mol. The van der Waals surface area contributed by atoms with Gasteiger partial charge in [-0.2, -0.15) is 0 Å². The highest BCUT2D eigenvalue weighted by Crippen LogP contribution is 2.16. The van der Waals surface area contributed by atoms with Crippen molar-refractivity contribution < 1.29 is 9.90 Å². The summed E-state index contributed by atoms with van der Waals surface area (Å²) in [5.41, 5.74) is 0.321. The highest BCUT2D eigenvalue weighted by atomic mass is 16.3. The van der Waals surface area contributed by atoms with Gasteiger partial charge in [0.1, 0.15) is 5.60 Å². The molecule has 6 heteroatoms. The molecule has 140 valence electrons. The van der Waals surface area contributed by atoms with E-state index in [2.05, 4.69) is 32.0 Å². The first kappa shape index (κ1) is 18.9. The highest BCUT2D eigenvalue weighted by molar-refractivity contribution is 5.94. The van der Waals surface area contributed by atoms with Crippen molar-refractivity contribution in [2.45, 2.75) is 38.3 Å². The van der Waals surface area contributed by atoms with E-state index in [1.807, 2.05) is 0 Å². The minimum atomic E-state index is -1.04. The fourth-order valence-electron chi connectivity index (χ4n) is 2.93. The van der Waals surface area contributed by atoms with Crippen molar-refractivity contribution in [2.75, 3.05) is 18.0 Å². The number of benzene rings is 1. The molecule has 1 fully saturated rings. The maximum absolute atomic E-state index is 12.5. The molecule has 2 N–H and O–H groups in total. The third kappa shape index (κ3) is 5.53. The second-order valence-electron chi connectivity index (χ2n) is 7.19. The molecule has 1 amide bonds. The summed E-state index contributed by atoms with van der Waals surface area (Å²) >= 11 is 0. The van der Waals surface area contributed by atoms with Crippen LogP contribution in [0.15, 0.2) is 42.7 Å². The van der Waals surface area contributed by atoms with E-state index in [1.54, 1.807) is 56.6 Å². The number of nitrogens with zero attached hydrogens (tertiary/aromatic N) is 3. The van der Waals surface area contributed by atoms with E-state index in [1.165, 1.54) is 0 Å². The quantitative estimate of drug-likeness (QED) is 0.815. The van der Waals surface area contributed by atoms with Gasteiger partial charge in [0.25, 0.3) is 5.91 Å². The van der Waals surface area contributed by atoms with Crippen LogP contribution in [0.25, 0.3) is 0 Å². The standard InChI is InChI=1S/C21H24N4O2/c1-21(2,27)11-10-16-6-8-17(9-7-16)19(26)24-18-5-3-14-25(15-18)20-22-12-4-13-23-20/h4,6-9,12-13,18,27H,3,5,14-15H2,1-2H3,(H,24,26). The van der Waals surface area contributed by atoms with E-state index in [9.17, 15) is 9.90 Å². The van der Waals surface area contributed by atoms with Gasteiger partial charge in [-0.3, -0.25) is 4.79 Å². The number of anilines is 1. The number of aliphatic hydroxyl groups is 1. The van der Waals surface area contributed by atoms with E-state index in [0.29, 0.717) is 18.1 Å². The van der Waals surface area contributed by atoms with Crippen molar-refractivity contribution in [3.63, 3.8) is 0 Å². The fraction of sp³-hybridized carbons (Fsp3) is 0.381. The van der Waals surface area contributed by atoms with Crippen LogP contribution in [0.4, 0.5) is 5.95 Å². The van der Waals surface area contributed by atoms with Crippen LogP contribution in [-0.2, 0) is 0 Å². The molecular formula is C21H24N4O2. The number of piperidine rings is 1. The van der Waals surface area contributed by atoms with E-state index in [4.69, 9.17) is 0 Å². The van der Waals surface area contributed by atoms with Gasteiger partial charge in [-0.1, -0.05) is 11.8 Å². The highest BCUT2D eigenvalue weighted by Gasteiger charge is 2.23. The summed E-state index contributed by atoms with van der Waals surface area (Å²) in [4.78, 5) is 23.2. The molecular weight excluding hydrogens is 340 g/mol. The Hall–Kier alpha value is -2.91. The van der Waals surface area contributed by atoms with E-state index >= 15 is 0 Å². The second kappa shape index (κ2) is 8.19. The van der Waals surface area contributed by atoms with Crippen LogP contribution in [-0.4, -0.2) is 45.7 Å². The van der Waals surface area contributed by atoms with Gasteiger partial charge < -0.3 is 15.3 Å². The Kier molecular flexibility index (Phi) is 5.72. The Balaban J connectivity index is 1.60. The summed E-state index contributed by atoms with van der Waals surface area (Å²) in [7, 11) is 0. The van der Waals surface area contributed by atoms with Gasteiger partial charge in [0.05, 0.1) is 0 Å². The molecule has 2 aromatic rings. The molecule has 3 rings (SSSR count). The summed E-state index contributed by atoms with van der Waals surface area (Å²) in [6, 6.07) is 8.94. The Morgan fingerprint density at radius 2 is 1.96 bits per heavy atom. The number of aromatic nitrogens is 2. The van der Waals surface area contributed by atoms with Gasteiger partial charge in [-0.05, 0) is 57.0 Å². The monoisotopic (exact) mass is 364 g/mol. The summed E-state index contributed by atoms with van der Waals surface area (Å²) < 4.78 is 0. The van der Waals surface area contributed by atoms with Crippen molar-refractivity contribution in [2.24, 2.45) is 0 Å². The van der Waals surface area contributed by atoms with Crippen molar-refractivity contribution in [1.82, 2.24) is 15.3 Å². The molecule has 1 aromatic carbocycles. The smallest absolute Gasteiger partial charge is 0.251 e. The van der Waals surface area contributed by atoms with Gasteiger partial charge in [-0.25, -0.2) is 9.97 Å². The second-order valence-corrected chi connectivity index (χ2v) is 7.19. The Morgan fingerprint density at radius 1 is 1.26 bits per heavy atom. The van der Waals surface area contributed by atoms with Crippen molar-refractivity contribution >= 4 is 11.9 Å². The number of amides is 1. The Bertz CT molecular complexity index is 832. The van der Waals surface area contributed by atoms with Crippen molar-refractivity contribution in [1.29, 1.82) is 0 Å². The topological polar surface area (TPSA) is 78.4 Å². The molecule has 0 bridgehead atoms. The van der Waals surface area contributed by atoms with Gasteiger partial charge in [0, 0.05) is 42.7 Å². The summed E-state index contributed by atoms with van der Waals surface area (Å²) in [5.74, 6) is 6.27. The van der Waals surface area contributed by atoms with Gasteiger partial charge in [-0.15, -0.1) is 0 Å². The van der Waals surface area contributed by atoms with Gasteiger partial charge in [0.2, 0.25) is 5.95 Å². The first-order valence-electron chi connectivity index (χ1n) is 9.09. The van der Waals surface area contributed by atoms with Crippen LogP contribution in [0, 0.1) is 11.8 Å². The minimum absolute atomic E-state index is 0.0599. The van der Waals surface area contributed by atoms with Gasteiger partial charge in [0.15, 0.2) is 0 Å². The molecule has 1 atom stereocenters. The predicted octanol–water partition coefficient (Wildman–Crippen LogP) is 2.00. The normalized spacial score (nSPS) is 17.0. The number of carbonyl (C=O) groups is 1. The number of hydrogen-bond acceptors (Lipinski definition) is 5. The molecule has 0 spiro atoms. The lowest BCUT2D eigenvalue weighted by Gasteiger charge is -2.33. The van der Waals surface area contributed by atoms with Crippen LogP contribution in [0.3, 0.4) is 0 Å². The fourth-order valence-corrected chi connectivity index (χ4v) is 2.93. The molecule has 0 saturated carbocycles. The number of rotatable bonds is 3. The number of carbonyl (C=O) groups excluding carboxylic acids is 1. The van der Waals surface area contributed by atoms with E-state index in [0.717, 1.165) is 24.9 Å². The minimum Gasteiger partial charge on any atom is -0.378 e.